The number of non-ortho nitro benzene ring substituents is 1. The maximum Gasteiger partial charge on any atom is 0.269 e. The van der Waals surface area contributed by atoms with Crippen molar-refractivity contribution in [3.05, 3.63) is 63.2 Å². The molecule has 21 heavy (non-hydrogen) atoms. The fourth-order valence-corrected chi connectivity index (χ4v) is 2.08. The molecule has 0 saturated heterocycles. The number of benzene rings is 2. The SMILES string of the molecule is CCOc1ccc(Cl)cc1CNc1ccc([N+](=O)[O-])cc1. The molecule has 1 N–H and O–H groups in total. The number of rotatable bonds is 6. The number of halogens is 1. The molecule has 2 rings (SSSR count). The van der Waals surface area contributed by atoms with Gasteiger partial charge in [-0.1, -0.05) is 11.6 Å². The molecule has 110 valence electrons. The van der Waals surface area contributed by atoms with Crippen molar-refractivity contribution < 1.29 is 9.66 Å². The Bertz CT molecular complexity index is 629. The van der Waals surface area contributed by atoms with Crippen LogP contribution in [0.25, 0.3) is 0 Å². The number of hydrogen-bond acceptors (Lipinski definition) is 4. The highest BCUT2D eigenvalue weighted by atomic mass is 35.5. The largest absolute Gasteiger partial charge is 0.494 e. The van der Waals surface area contributed by atoms with Crippen LogP contribution < -0.4 is 10.1 Å². The van der Waals surface area contributed by atoms with Crippen molar-refractivity contribution >= 4 is 23.0 Å². The van der Waals surface area contributed by atoms with E-state index in [0.29, 0.717) is 18.2 Å². The lowest BCUT2D eigenvalue weighted by Gasteiger charge is -2.12. The van der Waals surface area contributed by atoms with Gasteiger partial charge in [-0.3, -0.25) is 10.1 Å². The van der Waals surface area contributed by atoms with Crippen molar-refractivity contribution in [1.82, 2.24) is 0 Å². The molecule has 0 amide bonds. The smallest absolute Gasteiger partial charge is 0.269 e. The van der Waals surface area contributed by atoms with E-state index in [-0.39, 0.29) is 5.69 Å². The van der Waals surface area contributed by atoms with Crippen LogP contribution >= 0.6 is 11.6 Å². The number of anilines is 1. The lowest BCUT2D eigenvalue weighted by molar-refractivity contribution is -0.384. The topological polar surface area (TPSA) is 64.4 Å². The zero-order valence-corrected chi connectivity index (χ0v) is 12.3. The Kier molecular flexibility index (Phi) is 5.00. The lowest BCUT2D eigenvalue weighted by atomic mass is 10.2. The van der Waals surface area contributed by atoms with Gasteiger partial charge in [-0.05, 0) is 37.3 Å². The van der Waals surface area contributed by atoms with E-state index in [2.05, 4.69) is 5.32 Å². The molecule has 0 aliphatic heterocycles. The van der Waals surface area contributed by atoms with E-state index in [1.54, 1.807) is 18.2 Å². The Hall–Kier alpha value is -2.27. The van der Waals surface area contributed by atoms with Gasteiger partial charge in [0.15, 0.2) is 0 Å². The summed E-state index contributed by atoms with van der Waals surface area (Å²) in [4.78, 5) is 10.2. The molecule has 0 aliphatic carbocycles. The van der Waals surface area contributed by atoms with Crippen LogP contribution in [0.2, 0.25) is 5.02 Å². The van der Waals surface area contributed by atoms with Crippen LogP contribution in [0.5, 0.6) is 5.75 Å². The Morgan fingerprint density at radius 1 is 1.24 bits per heavy atom. The van der Waals surface area contributed by atoms with Gasteiger partial charge in [-0.15, -0.1) is 0 Å². The third-order valence-electron chi connectivity index (χ3n) is 2.88. The van der Waals surface area contributed by atoms with Crippen LogP contribution in [-0.4, -0.2) is 11.5 Å². The molecule has 0 unspecified atom stereocenters. The summed E-state index contributed by atoms with van der Waals surface area (Å²) in [5, 5.41) is 14.4. The highest BCUT2D eigenvalue weighted by molar-refractivity contribution is 6.30. The van der Waals surface area contributed by atoms with Gasteiger partial charge < -0.3 is 10.1 Å². The molecule has 5 nitrogen and oxygen atoms in total. The fourth-order valence-electron chi connectivity index (χ4n) is 1.88. The first-order valence-electron chi connectivity index (χ1n) is 6.49. The molecule has 0 aromatic heterocycles. The van der Waals surface area contributed by atoms with Gasteiger partial charge in [0.2, 0.25) is 0 Å². The number of nitrogens with zero attached hydrogens (tertiary/aromatic N) is 1. The molecule has 0 fully saturated rings. The standard InChI is InChI=1S/C15H15ClN2O3/c1-2-21-15-8-3-12(16)9-11(15)10-17-13-4-6-14(7-5-13)18(19)20/h3-9,17H,2,10H2,1H3. The molecule has 0 atom stereocenters. The van der Waals surface area contributed by atoms with E-state index < -0.39 is 4.92 Å². The highest BCUT2D eigenvalue weighted by Crippen LogP contribution is 2.24. The van der Waals surface area contributed by atoms with Gasteiger partial charge >= 0.3 is 0 Å². The second kappa shape index (κ2) is 6.95. The van der Waals surface area contributed by atoms with Crippen LogP contribution in [0.15, 0.2) is 42.5 Å². The molecule has 0 heterocycles. The molecule has 0 radical (unpaired) electrons. The minimum Gasteiger partial charge on any atom is -0.494 e. The average Bonchev–Trinajstić information content (AvgIpc) is 2.48. The van der Waals surface area contributed by atoms with E-state index >= 15 is 0 Å². The average molecular weight is 307 g/mol. The third kappa shape index (κ3) is 4.10. The monoisotopic (exact) mass is 306 g/mol. The van der Waals surface area contributed by atoms with Crippen molar-refractivity contribution in [3.8, 4) is 5.75 Å². The fraction of sp³-hybridized carbons (Fsp3) is 0.200. The summed E-state index contributed by atoms with van der Waals surface area (Å²) < 4.78 is 5.54. The summed E-state index contributed by atoms with van der Waals surface area (Å²) in [5.41, 5.74) is 1.80. The third-order valence-corrected chi connectivity index (χ3v) is 3.12. The Morgan fingerprint density at radius 3 is 2.57 bits per heavy atom. The van der Waals surface area contributed by atoms with Crippen LogP contribution in [-0.2, 0) is 6.54 Å². The Labute approximate surface area is 127 Å². The van der Waals surface area contributed by atoms with Crippen LogP contribution in [0.1, 0.15) is 12.5 Å². The summed E-state index contributed by atoms with van der Waals surface area (Å²) in [6, 6.07) is 11.7. The van der Waals surface area contributed by atoms with E-state index in [1.807, 2.05) is 19.1 Å². The molecular weight excluding hydrogens is 292 g/mol. The van der Waals surface area contributed by atoms with Gasteiger partial charge in [0.05, 0.1) is 11.5 Å². The van der Waals surface area contributed by atoms with Gasteiger partial charge in [-0.25, -0.2) is 0 Å². The van der Waals surface area contributed by atoms with Crippen LogP contribution in [0.3, 0.4) is 0 Å². The molecule has 0 spiro atoms. The summed E-state index contributed by atoms with van der Waals surface area (Å²) >= 11 is 6.00. The van der Waals surface area contributed by atoms with Crippen LogP contribution in [0, 0.1) is 10.1 Å². The minimum absolute atomic E-state index is 0.0679. The number of nitro groups is 1. The molecule has 0 saturated carbocycles. The first kappa shape index (κ1) is 15.1. The van der Waals surface area contributed by atoms with Crippen molar-refractivity contribution in [3.63, 3.8) is 0 Å². The number of nitro benzene ring substituents is 1. The molecular formula is C15H15ClN2O3. The first-order valence-corrected chi connectivity index (χ1v) is 6.87. The summed E-state index contributed by atoms with van der Waals surface area (Å²) in [6.45, 7) is 3.02. The summed E-state index contributed by atoms with van der Waals surface area (Å²) in [7, 11) is 0. The molecule has 6 heteroatoms. The Balaban J connectivity index is 2.08. The summed E-state index contributed by atoms with van der Waals surface area (Å²) in [5.74, 6) is 0.774. The lowest BCUT2D eigenvalue weighted by Crippen LogP contribution is -2.03. The van der Waals surface area contributed by atoms with Crippen molar-refractivity contribution in [2.24, 2.45) is 0 Å². The quantitative estimate of drug-likeness (QED) is 0.640. The normalized spacial score (nSPS) is 10.2. The van der Waals surface area contributed by atoms with E-state index in [1.165, 1.54) is 12.1 Å². The maximum atomic E-state index is 10.6. The number of hydrogen-bond donors (Lipinski definition) is 1. The summed E-state index contributed by atoms with van der Waals surface area (Å²) in [6.07, 6.45) is 0. The minimum atomic E-state index is -0.423. The van der Waals surface area contributed by atoms with Gasteiger partial charge in [0.1, 0.15) is 5.75 Å². The van der Waals surface area contributed by atoms with E-state index in [4.69, 9.17) is 16.3 Å². The van der Waals surface area contributed by atoms with E-state index in [0.717, 1.165) is 17.0 Å². The Morgan fingerprint density at radius 2 is 1.95 bits per heavy atom. The first-order chi connectivity index (χ1) is 10.1. The molecule has 2 aromatic carbocycles. The zero-order valence-electron chi connectivity index (χ0n) is 11.5. The van der Waals surface area contributed by atoms with Gasteiger partial charge in [-0.2, -0.15) is 0 Å². The second-order valence-corrected chi connectivity index (χ2v) is 4.78. The predicted molar refractivity (Wildman–Crippen MR) is 83.0 cm³/mol. The number of ether oxygens (including phenoxy) is 1. The van der Waals surface area contributed by atoms with Gasteiger partial charge in [0, 0.05) is 35.0 Å². The zero-order chi connectivity index (χ0) is 15.2. The number of nitrogens with one attached hydrogen (secondary N) is 1. The maximum absolute atomic E-state index is 10.6. The van der Waals surface area contributed by atoms with E-state index in [9.17, 15) is 10.1 Å². The highest BCUT2D eigenvalue weighted by Gasteiger charge is 2.06. The van der Waals surface area contributed by atoms with Crippen LogP contribution in [0.4, 0.5) is 11.4 Å². The molecule has 2 aromatic rings. The van der Waals surface area contributed by atoms with Gasteiger partial charge in [0.25, 0.3) is 5.69 Å². The molecule has 0 bridgehead atoms. The van der Waals surface area contributed by atoms with Crippen molar-refractivity contribution in [2.45, 2.75) is 13.5 Å². The van der Waals surface area contributed by atoms with Crippen molar-refractivity contribution in [2.75, 3.05) is 11.9 Å². The predicted octanol–water partition coefficient (Wildman–Crippen LogP) is 4.26. The molecule has 0 aliphatic rings. The second-order valence-electron chi connectivity index (χ2n) is 4.34. The van der Waals surface area contributed by atoms with Crippen molar-refractivity contribution in [1.29, 1.82) is 0 Å².